The summed E-state index contributed by atoms with van der Waals surface area (Å²) < 4.78 is 0. The smallest absolute Gasteiger partial charge is 0.255 e. The summed E-state index contributed by atoms with van der Waals surface area (Å²) >= 11 is 0. The second kappa shape index (κ2) is 8.01. The minimum Gasteiger partial charge on any atom is -0.381 e. The van der Waals surface area contributed by atoms with Gasteiger partial charge in [-0.2, -0.15) is 0 Å². The molecule has 1 aromatic rings. The van der Waals surface area contributed by atoms with Crippen LogP contribution in [0, 0.1) is 0 Å². The lowest BCUT2D eigenvalue weighted by atomic mass is 10.2. The number of aromatic nitrogens is 1. The molecule has 0 radical (unpaired) electrons. The average molecular weight is 289 g/mol. The van der Waals surface area contributed by atoms with Gasteiger partial charge in [0.25, 0.3) is 5.91 Å². The number of hydrogen-bond donors (Lipinski definition) is 1. The van der Waals surface area contributed by atoms with Crippen LogP contribution in [-0.4, -0.2) is 34.9 Å². The third-order valence-electron chi connectivity index (χ3n) is 3.99. The highest BCUT2D eigenvalue weighted by Crippen LogP contribution is 2.22. The van der Waals surface area contributed by atoms with Crippen molar-refractivity contribution in [3.8, 4) is 0 Å². The van der Waals surface area contributed by atoms with Crippen molar-refractivity contribution in [1.29, 1.82) is 0 Å². The number of hydrogen-bond acceptors (Lipinski definition) is 3. The first-order chi connectivity index (χ1) is 10.2. The third-order valence-corrected chi connectivity index (χ3v) is 3.99. The predicted molar refractivity (Wildman–Crippen MR) is 86.6 cm³/mol. The van der Waals surface area contributed by atoms with Crippen LogP contribution in [0.25, 0.3) is 0 Å². The molecule has 0 saturated heterocycles. The normalized spacial score (nSPS) is 15.1. The van der Waals surface area contributed by atoms with Crippen molar-refractivity contribution in [2.45, 2.75) is 58.4 Å². The lowest BCUT2D eigenvalue weighted by Crippen LogP contribution is -2.32. The molecule has 0 unspecified atom stereocenters. The molecule has 0 aliphatic heterocycles. The molecular weight excluding hydrogens is 262 g/mol. The quantitative estimate of drug-likeness (QED) is 0.832. The van der Waals surface area contributed by atoms with Crippen LogP contribution in [0.5, 0.6) is 0 Å². The molecule has 0 aromatic carbocycles. The first-order valence-corrected chi connectivity index (χ1v) is 8.25. The fourth-order valence-corrected chi connectivity index (χ4v) is 2.98. The molecule has 0 atom stereocenters. The number of anilines is 1. The number of carbonyl (C=O) groups excluding carboxylic acids is 1. The van der Waals surface area contributed by atoms with Gasteiger partial charge in [0.15, 0.2) is 0 Å². The highest BCUT2D eigenvalue weighted by molar-refractivity contribution is 5.94. The van der Waals surface area contributed by atoms with Crippen LogP contribution in [0.3, 0.4) is 0 Å². The van der Waals surface area contributed by atoms with Gasteiger partial charge < -0.3 is 10.2 Å². The van der Waals surface area contributed by atoms with Crippen molar-refractivity contribution in [1.82, 2.24) is 9.88 Å². The van der Waals surface area contributed by atoms with Crippen molar-refractivity contribution in [2.75, 3.05) is 18.4 Å². The van der Waals surface area contributed by atoms with E-state index in [1.165, 1.54) is 25.7 Å². The summed E-state index contributed by atoms with van der Waals surface area (Å²) in [4.78, 5) is 18.7. The van der Waals surface area contributed by atoms with Crippen LogP contribution in [0.15, 0.2) is 18.5 Å². The molecule has 4 heteroatoms. The Morgan fingerprint density at radius 2 is 1.90 bits per heavy atom. The van der Waals surface area contributed by atoms with Crippen molar-refractivity contribution in [2.24, 2.45) is 0 Å². The summed E-state index contributed by atoms with van der Waals surface area (Å²) in [5.41, 5.74) is 1.67. The van der Waals surface area contributed by atoms with Gasteiger partial charge >= 0.3 is 0 Å². The largest absolute Gasteiger partial charge is 0.381 e. The van der Waals surface area contributed by atoms with E-state index in [4.69, 9.17) is 0 Å². The molecule has 1 fully saturated rings. The highest BCUT2D eigenvalue weighted by Gasteiger charge is 2.17. The van der Waals surface area contributed by atoms with Gasteiger partial charge in [-0.3, -0.25) is 9.78 Å². The third kappa shape index (κ3) is 4.45. The lowest BCUT2D eigenvalue weighted by Gasteiger charge is -2.22. The Morgan fingerprint density at radius 1 is 1.24 bits per heavy atom. The Bertz CT molecular complexity index is 449. The van der Waals surface area contributed by atoms with Crippen LogP contribution in [0.4, 0.5) is 5.69 Å². The first kappa shape index (κ1) is 15.8. The molecule has 116 valence electrons. The maximum Gasteiger partial charge on any atom is 0.255 e. The Hall–Kier alpha value is -1.58. The van der Waals surface area contributed by atoms with Gasteiger partial charge in [0.05, 0.1) is 11.3 Å². The van der Waals surface area contributed by atoms with E-state index < -0.39 is 0 Å². The van der Waals surface area contributed by atoms with Crippen LogP contribution >= 0.6 is 0 Å². The van der Waals surface area contributed by atoms with Crippen LogP contribution in [0.2, 0.25) is 0 Å². The summed E-state index contributed by atoms with van der Waals surface area (Å²) in [7, 11) is 0. The van der Waals surface area contributed by atoms with Gasteiger partial charge in [-0.05, 0) is 31.7 Å². The molecule has 0 bridgehead atoms. The Labute approximate surface area is 127 Å². The van der Waals surface area contributed by atoms with E-state index in [2.05, 4.69) is 24.1 Å². The summed E-state index contributed by atoms with van der Waals surface area (Å²) in [6.45, 7) is 5.83. The van der Waals surface area contributed by atoms with E-state index in [9.17, 15) is 4.79 Å². The Balaban J connectivity index is 2.05. The fraction of sp³-hybridized carbons (Fsp3) is 0.647. The molecule has 21 heavy (non-hydrogen) atoms. The summed E-state index contributed by atoms with van der Waals surface area (Å²) in [6, 6.07) is 2.49. The minimum atomic E-state index is 0.0984. The number of nitrogens with one attached hydrogen (secondary N) is 1. The molecule has 1 saturated carbocycles. The Kier molecular flexibility index (Phi) is 6.03. The number of rotatable bonds is 7. The molecular formula is C17H27N3O. The molecule has 0 spiro atoms. The summed E-state index contributed by atoms with van der Waals surface area (Å²) in [5, 5.41) is 3.51. The molecule has 1 aliphatic rings. The number of amides is 1. The van der Waals surface area contributed by atoms with Crippen molar-refractivity contribution in [3.05, 3.63) is 24.0 Å². The molecule has 1 amide bonds. The molecule has 2 rings (SSSR count). The standard InChI is InChI=1S/C17H27N3O/c1-3-9-20(10-4-2)17(21)14-11-16(13-18-12-14)19-15-7-5-6-8-15/h11-13,15,19H,3-10H2,1-2H3. The molecule has 1 aliphatic carbocycles. The Morgan fingerprint density at radius 3 is 2.52 bits per heavy atom. The topological polar surface area (TPSA) is 45.2 Å². The first-order valence-electron chi connectivity index (χ1n) is 8.25. The van der Waals surface area contributed by atoms with E-state index in [-0.39, 0.29) is 5.91 Å². The minimum absolute atomic E-state index is 0.0984. The van der Waals surface area contributed by atoms with E-state index >= 15 is 0 Å². The van der Waals surface area contributed by atoms with Crippen LogP contribution in [0.1, 0.15) is 62.7 Å². The van der Waals surface area contributed by atoms with E-state index in [0.717, 1.165) is 31.6 Å². The lowest BCUT2D eigenvalue weighted by molar-refractivity contribution is 0.0755. The summed E-state index contributed by atoms with van der Waals surface area (Å²) in [5.74, 6) is 0.0984. The van der Waals surface area contributed by atoms with Gasteiger partial charge in [0, 0.05) is 31.5 Å². The van der Waals surface area contributed by atoms with Crippen molar-refractivity contribution in [3.63, 3.8) is 0 Å². The molecule has 4 nitrogen and oxygen atoms in total. The second-order valence-electron chi connectivity index (χ2n) is 5.88. The SMILES string of the molecule is CCCN(CCC)C(=O)c1cncc(NC2CCCC2)c1. The number of carbonyl (C=O) groups is 1. The molecule has 1 N–H and O–H groups in total. The van der Waals surface area contributed by atoms with Crippen LogP contribution < -0.4 is 5.32 Å². The fourth-order valence-electron chi connectivity index (χ4n) is 2.98. The van der Waals surface area contributed by atoms with Crippen LogP contribution in [-0.2, 0) is 0 Å². The molecule has 1 aromatic heterocycles. The van der Waals surface area contributed by atoms with Gasteiger partial charge in [-0.25, -0.2) is 0 Å². The van der Waals surface area contributed by atoms with E-state index in [1.807, 2.05) is 17.2 Å². The van der Waals surface area contributed by atoms with E-state index in [1.54, 1.807) is 6.20 Å². The zero-order chi connectivity index (χ0) is 15.1. The highest BCUT2D eigenvalue weighted by atomic mass is 16.2. The maximum atomic E-state index is 12.6. The predicted octanol–water partition coefficient (Wildman–Crippen LogP) is 3.70. The van der Waals surface area contributed by atoms with Crippen molar-refractivity contribution < 1.29 is 4.79 Å². The van der Waals surface area contributed by atoms with E-state index in [0.29, 0.717) is 11.6 Å². The van der Waals surface area contributed by atoms with Crippen molar-refractivity contribution >= 4 is 11.6 Å². The van der Waals surface area contributed by atoms with Gasteiger partial charge in [-0.1, -0.05) is 26.7 Å². The van der Waals surface area contributed by atoms with Gasteiger partial charge in [0.2, 0.25) is 0 Å². The zero-order valence-corrected chi connectivity index (χ0v) is 13.3. The number of pyridine rings is 1. The zero-order valence-electron chi connectivity index (χ0n) is 13.3. The summed E-state index contributed by atoms with van der Waals surface area (Å²) in [6.07, 6.45) is 10.5. The number of nitrogens with zero attached hydrogens (tertiary/aromatic N) is 2. The molecule has 1 heterocycles. The average Bonchev–Trinajstić information content (AvgIpc) is 2.99. The van der Waals surface area contributed by atoms with Gasteiger partial charge in [0.1, 0.15) is 0 Å². The second-order valence-corrected chi connectivity index (χ2v) is 5.88. The monoisotopic (exact) mass is 289 g/mol. The van der Waals surface area contributed by atoms with Gasteiger partial charge in [-0.15, -0.1) is 0 Å². The maximum absolute atomic E-state index is 12.6.